The van der Waals surface area contributed by atoms with E-state index in [1.54, 1.807) is 12.1 Å². The van der Waals surface area contributed by atoms with Crippen LogP contribution in [0.3, 0.4) is 0 Å². The molecule has 1 saturated heterocycles. The Balaban J connectivity index is 1.59. The van der Waals surface area contributed by atoms with E-state index in [-0.39, 0.29) is 35.4 Å². The summed E-state index contributed by atoms with van der Waals surface area (Å²) in [6, 6.07) is 8.67. The van der Waals surface area contributed by atoms with E-state index in [1.165, 1.54) is 36.3 Å². The van der Waals surface area contributed by atoms with Gasteiger partial charge in [-0.2, -0.15) is 4.98 Å². The summed E-state index contributed by atoms with van der Waals surface area (Å²) in [5, 5.41) is 0. The molecule has 2 N–H and O–H groups in total. The summed E-state index contributed by atoms with van der Waals surface area (Å²) in [5.41, 5.74) is 7.43. The number of rotatable bonds is 4. The molecule has 2 aliphatic rings. The van der Waals surface area contributed by atoms with E-state index in [1.807, 2.05) is 11.8 Å². The topological polar surface area (TPSA) is 84.6 Å². The van der Waals surface area contributed by atoms with Crippen LogP contribution in [0.25, 0.3) is 11.1 Å². The van der Waals surface area contributed by atoms with Crippen molar-refractivity contribution < 1.29 is 18.3 Å². The molecule has 1 fully saturated rings. The van der Waals surface area contributed by atoms with Gasteiger partial charge in [0.25, 0.3) is 5.91 Å². The maximum atomic E-state index is 15.1. The normalized spacial score (nSPS) is 17.6. The molecule has 7 nitrogen and oxygen atoms in total. The Morgan fingerprint density at radius 2 is 1.91 bits per heavy atom. The summed E-state index contributed by atoms with van der Waals surface area (Å²) in [6.07, 6.45) is 0.841. The molecular weight excluding hydrogens is 428 g/mol. The highest BCUT2D eigenvalue weighted by atomic mass is 19.1. The molecule has 2 aromatic carbocycles. The Hall–Kier alpha value is -3.59. The minimum atomic E-state index is -0.627. The third-order valence-corrected chi connectivity index (χ3v) is 6.11. The molecule has 0 saturated carbocycles. The Labute approximate surface area is 189 Å². The number of methoxy groups -OCH3 is 1. The van der Waals surface area contributed by atoms with Crippen molar-refractivity contribution in [1.82, 2.24) is 9.97 Å². The van der Waals surface area contributed by atoms with Crippen LogP contribution in [0.15, 0.2) is 36.4 Å². The van der Waals surface area contributed by atoms with Gasteiger partial charge in [0.1, 0.15) is 23.2 Å². The Kier molecular flexibility index (Phi) is 5.20. The zero-order valence-corrected chi connectivity index (χ0v) is 18.3. The molecule has 3 aromatic rings. The Morgan fingerprint density at radius 3 is 2.64 bits per heavy atom. The monoisotopic (exact) mass is 451 g/mol. The van der Waals surface area contributed by atoms with Crippen LogP contribution in [-0.2, 0) is 6.54 Å². The first kappa shape index (κ1) is 21.3. The number of amides is 1. The molecule has 170 valence electrons. The quantitative estimate of drug-likeness (QED) is 0.654. The second kappa shape index (κ2) is 8.08. The molecule has 0 aliphatic carbocycles. The Morgan fingerprint density at radius 1 is 1.12 bits per heavy atom. The highest BCUT2D eigenvalue weighted by Crippen LogP contribution is 2.41. The lowest BCUT2D eigenvalue weighted by Crippen LogP contribution is -2.29. The highest BCUT2D eigenvalue weighted by Gasteiger charge is 2.35. The molecule has 33 heavy (non-hydrogen) atoms. The number of nitrogens with zero attached hydrogens (tertiary/aromatic N) is 4. The van der Waals surface area contributed by atoms with Crippen molar-refractivity contribution in [3.8, 4) is 16.9 Å². The second-order valence-corrected chi connectivity index (χ2v) is 8.32. The summed E-state index contributed by atoms with van der Waals surface area (Å²) >= 11 is 0. The van der Waals surface area contributed by atoms with Crippen LogP contribution in [0.4, 0.5) is 20.5 Å². The third kappa shape index (κ3) is 3.58. The minimum absolute atomic E-state index is 0.00499. The number of fused-ring (bicyclic) bond motifs is 1. The van der Waals surface area contributed by atoms with Crippen molar-refractivity contribution in [1.29, 1.82) is 0 Å². The zero-order chi connectivity index (χ0) is 23.3. The minimum Gasteiger partial charge on any atom is -0.496 e. The number of benzene rings is 2. The third-order valence-electron chi connectivity index (χ3n) is 6.11. The van der Waals surface area contributed by atoms with E-state index < -0.39 is 11.6 Å². The van der Waals surface area contributed by atoms with Gasteiger partial charge in [-0.15, -0.1) is 0 Å². The van der Waals surface area contributed by atoms with E-state index in [9.17, 15) is 9.18 Å². The van der Waals surface area contributed by atoms with Gasteiger partial charge in [-0.3, -0.25) is 9.69 Å². The van der Waals surface area contributed by atoms with Gasteiger partial charge in [0.05, 0.1) is 19.2 Å². The van der Waals surface area contributed by atoms with Gasteiger partial charge in [-0.05, 0) is 43.2 Å². The van der Waals surface area contributed by atoms with Crippen LogP contribution in [0.1, 0.15) is 28.0 Å². The lowest BCUT2D eigenvalue weighted by Gasteiger charge is -2.20. The van der Waals surface area contributed by atoms with Crippen LogP contribution in [0, 0.1) is 18.6 Å². The number of hydrogen-bond acceptors (Lipinski definition) is 6. The van der Waals surface area contributed by atoms with E-state index in [4.69, 9.17) is 10.5 Å². The summed E-state index contributed by atoms with van der Waals surface area (Å²) in [4.78, 5) is 25.9. The van der Waals surface area contributed by atoms with Crippen LogP contribution in [-0.4, -0.2) is 42.1 Å². The van der Waals surface area contributed by atoms with Crippen LogP contribution in [0.5, 0.6) is 5.75 Å². The second-order valence-electron chi connectivity index (χ2n) is 8.32. The first-order chi connectivity index (χ1) is 15.9. The fourth-order valence-electron chi connectivity index (χ4n) is 4.52. The van der Waals surface area contributed by atoms with E-state index >= 15 is 4.39 Å². The number of halogens is 2. The van der Waals surface area contributed by atoms with Gasteiger partial charge in [0.15, 0.2) is 0 Å². The van der Waals surface area contributed by atoms with E-state index in [0.717, 1.165) is 13.0 Å². The van der Waals surface area contributed by atoms with Gasteiger partial charge in [0, 0.05) is 42.0 Å². The van der Waals surface area contributed by atoms with Crippen molar-refractivity contribution in [3.05, 3.63) is 64.9 Å². The fraction of sp³-hybridized carbons (Fsp3) is 0.292. The number of aromatic nitrogens is 2. The standard InChI is InChI=1S/C24H23F2N5O2/c1-13-10-20(29-24(28-13)30-9-8-14(27)11-30)31-12-16-15(23(31)32)6-7-18(26)21(16)22-17(25)4-3-5-19(22)33-2/h3-7,10,14H,8-9,11-12,27H2,1-2H3. The molecule has 1 amide bonds. The average Bonchev–Trinajstić information content (AvgIpc) is 3.37. The molecule has 9 heteroatoms. The fourth-order valence-corrected chi connectivity index (χ4v) is 4.52. The van der Waals surface area contributed by atoms with Gasteiger partial charge in [-0.1, -0.05) is 6.07 Å². The molecule has 0 bridgehead atoms. The zero-order valence-electron chi connectivity index (χ0n) is 18.3. The van der Waals surface area contributed by atoms with Crippen molar-refractivity contribution >= 4 is 17.7 Å². The lowest BCUT2D eigenvalue weighted by molar-refractivity contribution is 0.0996. The number of ether oxygens (including phenoxy) is 1. The molecule has 1 atom stereocenters. The number of nitrogens with two attached hydrogens (primary N) is 1. The van der Waals surface area contributed by atoms with Crippen molar-refractivity contribution in [2.75, 3.05) is 30.0 Å². The SMILES string of the molecule is COc1cccc(F)c1-c1c(F)ccc2c1CN(c1cc(C)nc(N3CCC(N)C3)n1)C2=O. The van der Waals surface area contributed by atoms with E-state index in [0.29, 0.717) is 35.1 Å². The van der Waals surface area contributed by atoms with Crippen LogP contribution >= 0.6 is 0 Å². The van der Waals surface area contributed by atoms with Crippen molar-refractivity contribution in [2.24, 2.45) is 5.73 Å². The molecule has 5 rings (SSSR count). The highest BCUT2D eigenvalue weighted by molar-refractivity contribution is 6.11. The summed E-state index contributed by atoms with van der Waals surface area (Å²) < 4.78 is 35.2. The predicted molar refractivity (Wildman–Crippen MR) is 120 cm³/mol. The molecular formula is C24H23F2N5O2. The van der Waals surface area contributed by atoms with Crippen LogP contribution in [0.2, 0.25) is 0 Å². The van der Waals surface area contributed by atoms with Gasteiger partial charge in [-0.25, -0.2) is 13.8 Å². The number of aryl methyl sites for hydroxylation is 1. The lowest BCUT2D eigenvalue weighted by atomic mass is 9.95. The molecule has 1 unspecified atom stereocenters. The smallest absolute Gasteiger partial charge is 0.260 e. The average molecular weight is 451 g/mol. The van der Waals surface area contributed by atoms with Crippen molar-refractivity contribution in [2.45, 2.75) is 25.9 Å². The maximum Gasteiger partial charge on any atom is 0.260 e. The first-order valence-corrected chi connectivity index (χ1v) is 10.7. The first-order valence-electron chi connectivity index (χ1n) is 10.7. The number of anilines is 2. The summed E-state index contributed by atoms with van der Waals surface area (Å²) in [6.45, 7) is 3.25. The molecule has 0 spiro atoms. The van der Waals surface area contributed by atoms with E-state index in [2.05, 4.69) is 9.97 Å². The number of carbonyl (C=O) groups excluding carboxylic acids is 1. The molecule has 2 aliphatic heterocycles. The maximum absolute atomic E-state index is 15.1. The summed E-state index contributed by atoms with van der Waals surface area (Å²) in [7, 11) is 1.40. The number of carbonyl (C=O) groups is 1. The largest absolute Gasteiger partial charge is 0.496 e. The summed E-state index contributed by atoms with van der Waals surface area (Å²) in [5.74, 6) is -0.479. The molecule has 3 heterocycles. The molecule has 1 aromatic heterocycles. The van der Waals surface area contributed by atoms with Gasteiger partial charge in [0.2, 0.25) is 5.95 Å². The van der Waals surface area contributed by atoms with Crippen LogP contribution < -0.4 is 20.3 Å². The van der Waals surface area contributed by atoms with Gasteiger partial charge >= 0.3 is 0 Å². The number of hydrogen-bond donors (Lipinski definition) is 1. The molecule has 0 radical (unpaired) electrons. The Bertz CT molecular complexity index is 1270. The predicted octanol–water partition coefficient (Wildman–Crippen LogP) is 3.44. The van der Waals surface area contributed by atoms with Crippen molar-refractivity contribution in [3.63, 3.8) is 0 Å². The van der Waals surface area contributed by atoms with Gasteiger partial charge < -0.3 is 15.4 Å².